The summed E-state index contributed by atoms with van der Waals surface area (Å²) < 4.78 is 26.9. The summed E-state index contributed by atoms with van der Waals surface area (Å²) in [6.07, 6.45) is 50.0. The van der Waals surface area contributed by atoms with E-state index < -0.39 is 26.5 Å². The van der Waals surface area contributed by atoms with E-state index in [9.17, 15) is 24.2 Å². The Hall–Kier alpha value is -2.29. The predicted molar refractivity (Wildman–Crippen MR) is 233 cm³/mol. The number of amides is 1. The van der Waals surface area contributed by atoms with Crippen molar-refractivity contribution in [3.05, 3.63) is 60.8 Å². The fraction of sp³-hybridized carbons (Fsp3) is 0.739. The van der Waals surface area contributed by atoms with Gasteiger partial charge in [-0.05, 0) is 77.0 Å². The standard InChI is InChI=1S/C46H82NO8P/c1-3-5-7-9-11-13-15-17-19-20-21-22-23-24-25-26-28-30-32-34-36-38-45(49)47-40-41-54-56(51,52)55-43-44(48)42-53-46(50)39-37-35-33-31-29-27-18-16-14-12-10-8-6-4-2/h10-13,16-19,21-22,44,48H,3-9,14-15,20,23-43H2,1-2H3,(H,47,49)(H,51,52)/b12-10-,13-11-,18-16-,19-17-,22-21-. The van der Waals surface area contributed by atoms with Crippen molar-refractivity contribution in [1.29, 1.82) is 0 Å². The monoisotopic (exact) mass is 808 g/mol. The maximum atomic E-state index is 12.1. The predicted octanol–water partition coefficient (Wildman–Crippen LogP) is 12.5. The first kappa shape index (κ1) is 53.7. The van der Waals surface area contributed by atoms with Gasteiger partial charge in [0.15, 0.2) is 0 Å². The van der Waals surface area contributed by atoms with Gasteiger partial charge in [0.25, 0.3) is 0 Å². The Morgan fingerprint density at radius 1 is 0.554 bits per heavy atom. The van der Waals surface area contributed by atoms with Crippen LogP contribution >= 0.6 is 7.82 Å². The SMILES string of the molecule is CCCC/C=C\C/C=C\CCCCCCCC(=O)OCC(O)COP(=O)(O)OCCNC(=O)CCCCCCCCCC/C=C\C/C=C\C/C=C\CCCCC. The van der Waals surface area contributed by atoms with Crippen LogP contribution in [0.15, 0.2) is 60.8 Å². The lowest BCUT2D eigenvalue weighted by molar-refractivity contribution is -0.147. The van der Waals surface area contributed by atoms with Crippen molar-refractivity contribution in [1.82, 2.24) is 5.32 Å². The third-order valence-electron chi connectivity index (χ3n) is 9.17. The van der Waals surface area contributed by atoms with Gasteiger partial charge >= 0.3 is 13.8 Å². The minimum atomic E-state index is -4.42. The molecule has 324 valence electrons. The smallest absolute Gasteiger partial charge is 0.463 e. The number of hydrogen-bond acceptors (Lipinski definition) is 7. The number of hydrogen-bond donors (Lipinski definition) is 3. The highest BCUT2D eigenvalue weighted by Crippen LogP contribution is 2.42. The van der Waals surface area contributed by atoms with Crippen molar-refractivity contribution in [2.75, 3.05) is 26.4 Å². The molecule has 0 saturated carbocycles. The topological polar surface area (TPSA) is 131 Å². The van der Waals surface area contributed by atoms with Crippen molar-refractivity contribution in [3.63, 3.8) is 0 Å². The highest BCUT2D eigenvalue weighted by molar-refractivity contribution is 7.47. The number of carbonyl (C=O) groups is 2. The molecule has 0 aromatic rings. The van der Waals surface area contributed by atoms with E-state index in [0.717, 1.165) is 89.9 Å². The summed E-state index contributed by atoms with van der Waals surface area (Å²) in [5.41, 5.74) is 0. The van der Waals surface area contributed by atoms with Crippen molar-refractivity contribution < 1.29 is 37.9 Å². The van der Waals surface area contributed by atoms with Gasteiger partial charge in [-0.3, -0.25) is 18.6 Å². The quantitative estimate of drug-likeness (QED) is 0.0241. The first-order chi connectivity index (χ1) is 27.3. The number of allylic oxidation sites excluding steroid dienone is 10. The second-order valence-corrected chi connectivity index (χ2v) is 16.1. The van der Waals surface area contributed by atoms with Crippen LogP contribution in [-0.4, -0.2) is 54.3 Å². The zero-order chi connectivity index (χ0) is 41.1. The molecule has 3 N–H and O–H groups in total. The molecular formula is C46H82NO8P. The van der Waals surface area contributed by atoms with Crippen molar-refractivity contribution in [3.8, 4) is 0 Å². The van der Waals surface area contributed by atoms with Crippen LogP contribution in [0.2, 0.25) is 0 Å². The molecule has 0 radical (unpaired) electrons. The molecule has 0 saturated heterocycles. The Bertz CT molecular complexity index is 1100. The maximum Gasteiger partial charge on any atom is 0.472 e. The lowest BCUT2D eigenvalue weighted by Gasteiger charge is -2.15. The lowest BCUT2D eigenvalue weighted by atomic mass is 10.1. The fourth-order valence-corrected chi connectivity index (χ4v) is 6.51. The zero-order valence-electron chi connectivity index (χ0n) is 35.6. The average Bonchev–Trinajstić information content (AvgIpc) is 3.18. The number of rotatable bonds is 41. The third kappa shape index (κ3) is 42.8. The Morgan fingerprint density at radius 3 is 1.50 bits per heavy atom. The summed E-state index contributed by atoms with van der Waals surface area (Å²) in [5.74, 6) is -0.541. The first-order valence-electron chi connectivity index (χ1n) is 22.3. The molecule has 1 amide bonds. The summed E-state index contributed by atoms with van der Waals surface area (Å²) in [6.45, 7) is 3.45. The summed E-state index contributed by atoms with van der Waals surface area (Å²) in [4.78, 5) is 33.9. The molecule has 0 rings (SSSR count). The van der Waals surface area contributed by atoms with Crippen LogP contribution in [0, 0.1) is 0 Å². The number of esters is 1. The van der Waals surface area contributed by atoms with E-state index in [1.807, 2.05) is 0 Å². The molecular weight excluding hydrogens is 725 g/mol. The van der Waals surface area contributed by atoms with Gasteiger partial charge in [0.05, 0.1) is 13.2 Å². The largest absolute Gasteiger partial charge is 0.472 e. The fourth-order valence-electron chi connectivity index (χ4n) is 5.76. The molecule has 10 heteroatoms. The Morgan fingerprint density at radius 2 is 0.982 bits per heavy atom. The van der Waals surface area contributed by atoms with Crippen LogP contribution in [-0.2, 0) is 27.9 Å². The Labute approximate surface area is 342 Å². The van der Waals surface area contributed by atoms with Crippen molar-refractivity contribution in [2.45, 2.75) is 193 Å². The number of phosphoric acid groups is 1. The summed E-state index contributed by atoms with van der Waals surface area (Å²) in [5, 5.41) is 12.7. The molecule has 0 aliphatic carbocycles. The minimum Gasteiger partial charge on any atom is -0.463 e. The molecule has 0 heterocycles. The highest BCUT2D eigenvalue weighted by atomic mass is 31.2. The zero-order valence-corrected chi connectivity index (χ0v) is 36.5. The number of nitrogens with one attached hydrogen (secondary N) is 1. The molecule has 0 aliphatic rings. The summed E-state index contributed by atoms with van der Waals surface area (Å²) >= 11 is 0. The first-order valence-corrected chi connectivity index (χ1v) is 23.8. The molecule has 0 aliphatic heterocycles. The van der Waals surface area contributed by atoms with E-state index in [0.29, 0.717) is 6.42 Å². The molecule has 56 heavy (non-hydrogen) atoms. The van der Waals surface area contributed by atoms with E-state index in [-0.39, 0.29) is 32.1 Å². The number of carbonyl (C=O) groups excluding carboxylic acids is 2. The Balaban J connectivity index is 3.62. The number of phosphoric ester groups is 1. The van der Waals surface area contributed by atoms with Gasteiger partial charge in [-0.25, -0.2) is 4.57 Å². The lowest BCUT2D eigenvalue weighted by Crippen LogP contribution is -2.27. The van der Waals surface area contributed by atoms with Gasteiger partial charge in [-0.2, -0.15) is 0 Å². The molecule has 2 unspecified atom stereocenters. The molecule has 0 aromatic heterocycles. The van der Waals surface area contributed by atoms with Crippen LogP contribution in [0.4, 0.5) is 0 Å². The van der Waals surface area contributed by atoms with Crippen molar-refractivity contribution >= 4 is 19.7 Å². The molecule has 0 aromatic carbocycles. The average molecular weight is 808 g/mol. The second-order valence-electron chi connectivity index (χ2n) is 14.7. The van der Waals surface area contributed by atoms with E-state index in [2.05, 4.69) is 79.9 Å². The van der Waals surface area contributed by atoms with Crippen molar-refractivity contribution in [2.24, 2.45) is 0 Å². The van der Waals surface area contributed by atoms with Gasteiger partial charge in [0.1, 0.15) is 12.7 Å². The number of unbranched alkanes of at least 4 members (excludes halogenated alkanes) is 18. The van der Waals surface area contributed by atoms with Gasteiger partial charge in [0.2, 0.25) is 5.91 Å². The number of ether oxygens (including phenoxy) is 1. The second kappa shape index (κ2) is 42.3. The van der Waals surface area contributed by atoms with E-state index in [1.54, 1.807) is 0 Å². The van der Waals surface area contributed by atoms with Gasteiger partial charge in [-0.1, -0.05) is 158 Å². The molecule has 0 spiro atoms. The van der Waals surface area contributed by atoms with Crippen LogP contribution in [0.3, 0.4) is 0 Å². The van der Waals surface area contributed by atoms with Crippen LogP contribution in [0.5, 0.6) is 0 Å². The van der Waals surface area contributed by atoms with E-state index in [1.165, 1.54) is 70.6 Å². The normalized spacial score (nSPS) is 13.9. The highest BCUT2D eigenvalue weighted by Gasteiger charge is 2.23. The van der Waals surface area contributed by atoms with E-state index in [4.69, 9.17) is 13.8 Å². The van der Waals surface area contributed by atoms with E-state index >= 15 is 0 Å². The van der Waals surface area contributed by atoms with Gasteiger partial charge < -0.3 is 20.1 Å². The van der Waals surface area contributed by atoms with Crippen LogP contribution in [0.1, 0.15) is 187 Å². The molecule has 9 nitrogen and oxygen atoms in total. The van der Waals surface area contributed by atoms with Gasteiger partial charge in [-0.15, -0.1) is 0 Å². The number of aliphatic hydroxyl groups is 1. The summed E-state index contributed by atoms with van der Waals surface area (Å²) in [6, 6.07) is 0. The minimum absolute atomic E-state index is 0.0732. The molecule has 0 fully saturated rings. The van der Waals surface area contributed by atoms with Crippen LogP contribution in [0.25, 0.3) is 0 Å². The molecule has 2 atom stereocenters. The third-order valence-corrected chi connectivity index (χ3v) is 10.2. The van der Waals surface area contributed by atoms with Gasteiger partial charge in [0, 0.05) is 19.4 Å². The maximum absolute atomic E-state index is 12.1. The Kier molecular flexibility index (Phi) is 40.6. The molecule has 0 bridgehead atoms. The number of aliphatic hydroxyl groups excluding tert-OH is 1. The van der Waals surface area contributed by atoms with Crippen LogP contribution < -0.4 is 5.32 Å². The summed E-state index contributed by atoms with van der Waals surface area (Å²) in [7, 11) is -4.42.